The van der Waals surface area contributed by atoms with E-state index in [2.05, 4.69) is 61.1 Å². The van der Waals surface area contributed by atoms with E-state index in [-0.39, 0.29) is 15.1 Å². The molecule has 7 heteroatoms. The van der Waals surface area contributed by atoms with E-state index in [9.17, 15) is 0 Å². The topological polar surface area (TPSA) is 56.4 Å². The molecule has 4 aliphatic heterocycles. The summed E-state index contributed by atoms with van der Waals surface area (Å²) in [6, 6.07) is 0. The monoisotopic (exact) mass is 673 g/mol. The molecule has 0 amide bonds. The van der Waals surface area contributed by atoms with Crippen LogP contribution in [0.4, 0.5) is 0 Å². The second kappa shape index (κ2) is 31.3. The molecule has 0 bridgehead atoms. The second-order valence-electron chi connectivity index (χ2n) is 11.0. The summed E-state index contributed by atoms with van der Waals surface area (Å²) in [5, 5.41) is 17.0. The summed E-state index contributed by atoms with van der Waals surface area (Å²) < 4.78 is 0. The molecule has 0 aromatic rings. The molecule has 3 fully saturated rings. The Kier molecular flexibility index (Phi) is 31.6. The predicted molar refractivity (Wildman–Crippen MR) is 174 cm³/mol. The van der Waals surface area contributed by atoms with Gasteiger partial charge in [-0.15, -0.1) is 45.8 Å². The van der Waals surface area contributed by atoms with Crippen molar-refractivity contribution in [2.45, 2.75) is 118 Å². The van der Waals surface area contributed by atoms with Gasteiger partial charge in [-0.25, -0.2) is 0 Å². The molecule has 0 aliphatic carbocycles. The van der Waals surface area contributed by atoms with Crippen molar-refractivity contribution in [1.29, 1.82) is 0 Å². The molecule has 0 atom stereocenters. The molecule has 0 N–H and O–H groups in total. The van der Waals surface area contributed by atoms with Gasteiger partial charge in [0.15, 0.2) is 0 Å². The predicted octanol–water partition coefficient (Wildman–Crippen LogP) is 11.7. The van der Waals surface area contributed by atoms with Crippen molar-refractivity contribution in [3.63, 3.8) is 0 Å². The summed E-state index contributed by atoms with van der Waals surface area (Å²) in [6.07, 6.45) is 25.1. The molecular formula is C32H60Cl2N4Rh-4. The molecule has 39 heavy (non-hydrogen) atoms. The van der Waals surface area contributed by atoms with Gasteiger partial charge in [0.1, 0.15) is 0 Å². The molecule has 0 spiro atoms. The van der Waals surface area contributed by atoms with Crippen LogP contribution >= 0.6 is 19.4 Å². The average Bonchev–Trinajstić information content (AvgIpc) is 2.98. The van der Waals surface area contributed by atoms with Crippen molar-refractivity contribution in [2.75, 3.05) is 45.8 Å². The summed E-state index contributed by atoms with van der Waals surface area (Å²) in [6.45, 7) is 16.7. The van der Waals surface area contributed by atoms with Crippen molar-refractivity contribution in [1.82, 2.24) is 0 Å². The van der Waals surface area contributed by atoms with Crippen LogP contribution in [0.15, 0.2) is 23.9 Å². The Balaban J connectivity index is 0.000000477. The molecule has 4 aliphatic rings. The minimum absolute atomic E-state index is 0.226. The normalized spacial score (nSPS) is 19.9. The summed E-state index contributed by atoms with van der Waals surface area (Å²) in [7, 11) is 9.67. The van der Waals surface area contributed by atoms with Crippen LogP contribution < -0.4 is 0 Å². The van der Waals surface area contributed by atoms with Gasteiger partial charge < -0.3 is 21.3 Å². The molecule has 235 valence electrons. The first kappa shape index (κ1) is 39.4. The van der Waals surface area contributed by atoms with Crippen LogP contribution in [0.2, 0.25) is 0 Å². The number of hydrogen-bond donors (Lipinski definition) is 0. The van der Waals surface area contributed by atoms with Gasteiger partial charge in [-0.2, -0.15) is 6.20 Å². The van der Waals surface area contributed by atoms with E-state index >= 15 is 0 Å². The van der Waals surface area contributed by atoms with Gasteiger partial charge in [0.2, 0.25) is 0 Å². The average molecular weight is 675 g/mol. The van der Waals surface area contributed by atoms with Crippen molar-refractivity contribution in [3.05, 3.63) is 45.2 Å². The Hall–Kier alpha value is 0.363. The van der Waals surface area contributed by atoms with Crippen molar-refractivity contribution < 1.29 is 15.1 Å². The quantitative estimate of drug-likeness (QED) is 0.230. The molecule has 3 saturated heterocycles. The van der Waals surface area contributed by atoms with E-state index in [0.29, 0.717) is 0 Å². The fourth-order valence-corrected chi connectivity index (χ4v) is 5.42. The third-order valence-electron chi connectivity index (χ3n) is 7.66. The maximum atomic E-state index is 4.83. The number of piperidine rings is 3. The van der Waals surface area contributed by atoms with Gasteiger partial charge in [-0.05, 0) is 24.2 Å². The van der Waals surface area contributed by atoms with Gasteiger partial charge in [0, 0.05) is 0 Å². The fraction of sp³-hybridized carbons (Fsp3) is 0.875. The third-order valence-corrected chi connectivity index (χ3v) is 7.66. The van der Waals surface area contributed by atoms with E-state index in [0.717, 1.165) is 63.6 Å². The molecule has 0 aromatic carbocycles. The SMILES string of the molecule is CCCC1=CC[N-]C=C1.CCCC1CC[N-]CC1.CCCC1CC[N-]CC1.CCCC1CC[N-]CC1.[Cl][Rh][Cl]. The van der Waals surface area contributed by atoms with Crippen LogP contribution in [0.1, 0.15) is 118 Å². The molecule has 0 unspecified atom stereocenters. The number of allylic oxidation sites excluding steroid dienone is 2. The summed E-state index contributed by atoms with van der Waals surface area (Å²) in [5.41, 5.74) is 1.44. The molecule has 0 aromatic heterocycles. The Morgan fingerprint density at radius 1 is 0.641 bits per heavy atom. The number of rotatable bonds is 8. The van der Waals surface area contributed by atoms with Gasteiger partial charge in [-0.3, -0.25) is 0 Å². The molecule has 4 rings (SSSR count). The zero-order valence-corrected chi connectivity index (χ0v) is 28.8. The van der Waals surface area contributed by atoms with Crippen molar-refractivity contribution in [2.24, 2.45) is 17.8 Å². The first-order valence-electron chi connectivity index (χ1n) is 15.9. The van der Waals surface area contributed by atoms with Gasteiger partial charge in [0.25, 0.3) is 0 Å². The van der Waals surface area contributed by atoms with Crippen LogP contribution in [-0.2, 0) is 15.1 Å². The van der Waals surface area contributed by atoms with Crippen molar-refractivity contribution >= 4 is 19.4 Å². The number of hydrogen-bond acceptors (Lipinski definition) is 0. The summed E-state index contributed by atoms with van der Waals surface area (Å²) >= 11 is -0.226. The first-order chi connectivity index (χ1) is 19.1. The second-order valence-corrected chi connectivity index (χ2v) is 13.5. The Morgan fingerprint density at radius 3 is 1.26 bits per heavy atom. The van der Waals surface area contributed by atoms with Gasteiger partial charge in [-0.1, -0.05) is 129 Å². The minimum atomic E-state index is -0.226. The summed E-state index contributed by atoms with van der Waals surface area (Å²) in [5.74, 6) is 3.02. The molecule has 4 heterocycles. The standard InChI is InChI=1S/3C8H16N.C8H12N.2ClH.Rh/c4*1-2-3-8-4-6-9-7-5-8;;;/h3*8H,2-7H2,1H3;4-6H,2-3,7H2,1H3;2*1H;/q4*-1;;;+2/p-2. The number of nitrogens with zero attached hydrogens (tertiary/aromatic N) is 4. The zero-order valence-electron chi connectivity index (χ0n) is 25.7. The van der Waals surface area contributed by atoms with E-state index in [1.165, 1.54) is 95.5 Å². The Labute approximate surface area is 259 Å². The fourth-order valence-electron chi connectivity index (χ4n) is 5.42. The van der Waals surface area contributed by atoms with Crippen LogP contribution in [-0.4, -0.2) is 45.8 Å². The van der Waals surface area contributed by atoms with E-state index in [4.69, 9.17) is 19.4 Å². The Bertz CT molecular complexity index is 488. The van der Waals surface area contributed by atoms with Crippen LogP contribution in [0.5, 0.6) is 0 Å². The Morgan fingerprint density at radius 2 is 1.00 bits per heavy atom. The summed E-state index contributed by atoms with van der Waals surface area (Å²) in [4.78, 5) is 0. The van der Waals surface area contributed by atoms with Crippen LogP contribution in [0.3, 0.4) is 0 Å². The first-order valence-corrected chi connectivity index (χ1v) is 20.1. The van der Waals surface area contributed by atoms with E-state index < -0.39 is 0 Å². The van der Waals surface area contributed by atoms with Gasteiger partial charge >= 0.3 is 34.5 Å². The number of halogens is 2. The van der Waals surface area contributed by atoms with Crippen molar-refractivity contribution in [3.8, 4) is 0 Å². The van der Waals surface area contributed by atoms with Crippen LogP contribution in [0, 0.1) is 17.8 Å². The molecular weight excluding hydrogens is 614 g/mol. The third kappa shape index (κ3) is 25.8. The van der Waals surface area contributed by atoms with Gasteiger partial charge in [0.05, 0.1) is 0 Å². The van der Waals surface area contributed by atoms with E-state index in [1.54, 1.807) is 0 Å². The molecule has 0 saturated carbocycles. The molecule has 4 nitrogen and oxygen atoms in total. The van der Waals surface area contributed by atoms with E-state index in [1.807, 2.05) is 6.20 Å². The zero-order chi connectivity index (χ0) is 28.8. The molecule has 0 radical (unpaired) electrons. The van der Waals surface area contributed by atoms with Crippen LogP contribution in [0.25, 0.3) is 21.3 Å². The maximum absolute atomic E-state index is 4.83.